The van der Waals surface area contributed by atoms with Crippen LogP contribution in [0.25, 0.3) is 5.76 Å². The third-order valence-corrected chi connectivity index (χ3v) is 3.88. The van der Waals surface area contributed by atoms with Crippen molar-refractivity contribution >= 4 is 21.7 Å². The molecule has 0 atom stereocenters. The predicted octanol–water partition coefficient (Wildman–Crippen LogP) is 3.49. The van der Waals surface area contributed by atoms with Gasteiger partial charge < -0.3 is 14.6 Å². The highest BCUT2D eigenvalue weighted by molar-refractivity contribution is 9.12. The Hall–Kier alpha value is -1.16. The minimum absolute atomic E-state index is 0.217. The van der Waals surface area contributed by atoms with Gasteiger partial charge in [-0.2, -0.15) is 0 Å². The lowest BCUT2D eigenvalue weighted by Gasteiger charge is -2.32. The maximum Gasteiger partial charge on any atom is 0.140 e. The molecule has 0 fully saturated rings. The van der Waals surface area contributed by atoms with Gasteiger partial charge in [0.15, 0.2) is 0 Å². The molecule has 0 radical (unpaired) electrons. The molecule has 0 spiro atoms. The van der Waals surface area contributed by atoms with E-state index in [1.807, 2.05) is 13.8 Å². The van der Waals surface area contributed by atoms with Gasteiger partial charge in [0.1, 0.15) is 22.9 Å². The molecule has 4 heteroatoms. The molecule has 1 aliphatic heterocycles. The van der Waals surface area contributed by atoms with E-state index >= 15 is 0 Å². The maximum absolute atomic E-state index is 10.0. The Morgan fingerprint density at radius 1 is 1.38 bits per heavy atom. The van der Waals surface area contributed by atoms with Gasteiger partial charge in [0.2, 0.25) is 0 Å². The fourth-order valence-electron chi connectivity index (χ4n) is 1.63. The minimum atomic E-state index is -0.566. The Morgan fingerprint density at radius 2 is 2.06 bits per heavy atom. The van der Waals surface area contributed by atoms with Gasteiger partial charge in [0.25, 0.3) is 0 Å². The molecule has 1 aromatic carbocycles. The third-order valence-electron chi connectivity index (χ3n) is 2.55. The van der Waals surface area contributed by atoms with E-state index in [1.54, 1.807) is 25.3 Å². The molecule has 0 bridgehead atoms. The van der Waals surface area contributed by atoms with E-state index in [9.17, 15) is 5.11 Å². The topological polar surface area (TPSA) is 38.7 Å². The first-order chi connectivity index (χ1) is 7.45. The lowest BCUT2D eigenvalue weighted by atomic mass is 10.0. The number of hydrogen-bond acceptors (Lipinski definition) is 3. The quantitative estimate of drug-likeness (QED) is 0.858. The Kier molecular flexibility index (Phi) is 2.62. The van der Waals surface area contributed by atoms with Crippen molar-refractivity contribution in [3.05, 3.63) is 28.2 Å². The summed E-state index contributed by atoms with van der Waals surface area (Å²) in [7, 11) is 1.60. The monoisotopic (exact) mass is 284 g/mol. The van der Waals surface area contributed by atoms with Crippen LogP contribution in [0.5, 0.6) is 11.5 Å². The van der Waals surface area contributed by atoms with Crippen molar-refractivity contribution in [2.24, 2.45) is 0 Å². The van der Waals surface area contributed by atoms with Crippen LogP contribution in [0.3, 0.4) is 0 Å². The van der Waals surface area contributed by atoms with Gasteiger partial charge in [-0.25, -0.2) is 0 Å². The van der Waals surface area contributed by atoms with Crippen LogP contribution in [0, 0.1) is 0 Å². The highest BCUT2D eigenvalue weighted by Crippen LogP contribution is 2.43. The zero-order valence-electron chi connectivity index (χ0n) is 9.37. The van der Waals surface area contributed by atoms with E-state index in [0.29, 0.717) is 21.5 Å². The number of ether oxygens (including phenoxy) is 2. The van der Waals surface area contributed by atoms with Crippen molar-refractivity contribution in [1.29, 1.82) is 0 Å². The summed E-state index contributed by atoms with van der Waals surface area (Å²) in [5, 5.41) is 10.0. The Balaban J connectivity index is 2.58. The van der Waals surface area contributed by atoms with Crippen molar-refractivity contribution in [2.75, 3.05) is 7.11 Å². The molecule has 86 valence electrons. The fourth-order valence-corrected chi connectivity index (χ4v) is 1.93. The highest BCUT2D eigenvalue weighted by Gasteiger charge is 2.34. The third kappa shape index (κ3) is 1.67. The van der Waals surface area contributed by atoms with Crippen LogP contribution in [0.4, 0.5) is 0 Å². The predicted molar refractivity (Wildman–Crippen MR) is 66.2 cm³/mol. The first kappa shape index (κ1) is 11.3. The minimum Gasteiger partial charge on any atom is -0.506 e. The molecule has 0 aromatic heterocycles. The Labute approximate surface area is 103 Å². The summed E-state index contributed by atoms with van der Waals surface area (Å²) in [6.07, 6.45) is 0. The molecule has 1 aromatic rings. The fraction of sp³-hybridized carbons (Fsp3) is 0.333. The van der Waals surface area contributed by atoms with Crippen LogP contribution >= 0.6 is 15.9 Å². The van der Waals surface area contributed by atoms with Gasteiger partial charge in [0.05, 0.1) is 17.2 Å². The van der Waals surface area contributed by atoms with Gasteiger partial charge in [-0.05, 0) is 41.9 Å². The standard InChI is InChI=1S/C12H13BrO3/c1-12(2)11(13)10(14)8-5-4-7(15-3)6-9(8)16-12/h4-6,14H,1-3H3. The molecule has 0 saturated carbocycles. The number of fused-ring (bicyclic) bond motifs is 1. The van der Waals surface area contributed by atoms with E-state index in [1.165, 1.54) is 0 Å². The molecule has 0 aliphatic carbocycles. The maximum atomic E-state index is 10.0. The molecule has 0 saturated heterocycles. The average Bonchev–Trinajstić information content (AvgIpc) is 2.25. The molecule has 0 unspecified atom stereocenters. The molecule has 3 nitrogen and oxygen atoms in total. The highest BCUT2D eigenvalue weighted by atomic mass is 79.9. The van der Waals surface area contributed by atoms with Crippen LogP contribution in [0.1, 0.15) is 19.4 Å². The molecule has 2 rings (SSSR count). The van der Waals surface area contributed by atoms with Gasteiger partial charge in [-0.3, -0.25) is 0 Å². The summed E-state index contributed by atoms with van der Waals surface area (Å²) < 4.78 is 11.6. The molecular formula is C12H13BrO3. The summed E-state index contributed by atoms with van der Waals surface area (Å²) in [6, 6.07) is 5.34. The van der Waals surface area contributed by atoms with Gasteiger partial charge in [-0.15, -0.1) is 0 Å². The van der Waals surface area contributed by atoms with Crippen molar-refractivity contribution in [3.63, 3.8) is 0 Å². The zero-order chi connectivity index (χ0) is 11.9. The molecule has 1 aliphatic rings. The van der Waals surface area contributed by atoms with E-state index in [2.05, 4.69) is 15.9 Å². The van der Waals surface area contributed by atoms with Crippen LogP contribution in [-0.4, -0.2) is 17.8 Å². The van der Waals surface area contributed by atoms with Crippen molar-refractivity contribution < 1.29 is 14.6 Å². The van der Waals surface area contributed by atoms with Crippen LogP contribution < -0.4 is 9.47 Å². The lowest BCUT2D eigenvalue weighted by molar-refractivity contribution is 0.150. The second kappa shape index (κ2) is 3.70. The smallest absolute Gasteiger partial charge is 0.140 e. The Morgan fingerprint density at radius 3 is 2.69 bits per heavy atom. The zero-order valence-corrected chi connectivity index (χ0v) is 11.0. The van der Waals surface area contributed by atoms with E-state index < -0.39 is 5.60 Å². The number of rotatable bonds is 1. The lowest BCUT2D eigenvalue weighted by Crippen LogP contribution is -2.32. The first-order valence-corrected chi connectivity index (χ1v) is 5.71. The van der Waals surface area contributed by atoms with E-state index in [0.717, 1.165) is 0 Å². The second-order valence-electron chi connectivity index (χ2n) is 4.14. The number of halogens is 1. The van der Waals surface area contributed by atoms with Crippen LogP contribution in [0.2, 0.25) is 0 Å². The van der Waals surface area contributed by atoms with Crippen molar-refractivity contribution in [2.45, 2.75) is 19.4 Å². The summed E-state index contributed by atoms with van der Waals surface area (Å²) >= 11 is 3.35. The number of aliphatic hydroxyl groups excluding tert-OH is 1. The molecule has 1 N–H and O–H groups in total. The number of methoxy groups -OCH3 is 1. The number of hydrogen-bond donors (Lipinski definition) is 1. The van der Waals surface area contributed by atoms with Crippen LogP contribution in [-0.2, 0) is 0 Å². The van der Waals surface area contributed by atoms with Crippen molar-refractivity contribution in [3.8, 4) is 11.5 Å². The Bertz CT molecular complexity index is 463. The normalized spacial score (nSPS) is 17.8. The largest absolute Gasteiger partial charge is 0.506 e. The number of benzene rings is 1. The average molecular weight is 285 g/mol. The van der Waals surface area contributed by atoms with E-state index in [-0.39, 0.29) is 5.76 Å². The SMILES string of the molecule is COc1ccc2c(c1)OC(C)(C)C(Br)=C2O. The molecule has 1 heterocycles. The van der Waals surface area contributed by atoms with E-state index in [4.69, 9.17) is 9.47 Å². The van der Waals surface area contributed by atoms with Gasteiger partial charge in [0, 0.05) is 6.07 Å². The second-order valence-corrected chi connectivity index (χ2v) is 4.93. The number of aliphatic hydroxyl groups is 1. The summed E-state index contributed by atoms with van der Waals surface area (Å²) in [6.45, 7) is 3.77. The van der Waals surface area contributed by atoms with Gasteiger partial charge >= 0.3 is 0 Å². The summed E-state index contributed by atoms with van der Waals surface area (Å²) in [5.41, 5.74) is 0.107. The summed E-state index contributed by atoms with van der Waals surface area (Å²) in [5.74, 6) is 1.55. The van der Waals surface area contributed by atoms with Crippen LogP contribution in [0.15, 0.2) is 22.7 Å². The molecule has 16 heavy (non-hydrogen) atoms. The molecular weight excluding hydrogens is 272 g/mol. The van der Waals surface area contributed by atoms with Gasteiger partial charge in [-0.1, -0.05) is 0 Å². The molecule has 0 amide bonds. The summed E-state index contributed by atoms with van der Waals surface area (Å²) in [4.78, 5) is 0. The van der Waals surface area contributed by atoms with Crippen molar-refractivity contribution in [1.82, 2.24) is 0 Å². The first-order valence-electron chi connectivity index (χ1n) is 4.92.